The summed E-state index contributed by atoms with van der Waals surface area (Å²) in [5.41, 5.74) is 3.51. The molecule has 0 unspecified atom stereocenters. The summed E-state index contributed by atoms with van der Waals surface area (Å²) in [6.45, 7) is 0.171. The van der Waals surface area contributed by atoms with Gasteiger partial charge in [-0.3, -0.25) is 4.40 Å². The van der Waals surface area contributed by atoms with Gasteiger partial charge in [0.2, 0.25) is 10.0 Å². The molecule has 6 nitrogen and oxygen atoms in total. The zero-order valence-corrected chi connectivity index (χ0v) is 11.7. The molecule has 0 atom stereocenters. The number of H-pyrrole nitrogens is 1. The van der Waals surface area contributed by atoms with E-state index in [-0.39, 0.29) is 6.54 Å². The van der Waals surface area contributed by atoms with Crippen LogP contribution in [-0.2, 0) is 16.6 Å². The standard InChI is InChI=1S/C13H14N4O2S/c1-20(18,19)16-7-11-13-14-8-12(17(13)9-15-11)10-5-3-2-4-6-10/h2-6,8-9,14,16H,7H2,1H3. The van der Waals surface area contributed by atoms with Crippen molar-refractivity contribution in [2.75, 3.05) is 6.26 Å². The van der Waals surface area contributed by atoms with Crippen molar-refractivity contribution in [3.63, 3.8) is 0 Å². The zero-order chi connectivity index (χ0) is 14.2. The van der Waals surface area contributed by atoms with Gasteiger partial charge >= 0.3 is 0 Å². The number of imidazole rings is 2. The molecule has 0 aliphatic carbocycles. The van der Waals surface area contributed by atoms with Crippen LogP contribution in [-0.4, -0.2) is 29.0 Å². The number of benzene rings is 1. The first-order valence-electron chi connectivity index (χ1n) is 6.08. The Hall–Kier alpha value is -2.12. The van der Waals surface area contributed by atoms with Crippen LogP contribution in [0.3, 0.4) is 0 Å². The largest absolute Gasteiger partial charge is 0.344 e. The van der Waals surface area contributed by atoms with Crippen molar-refractivity contribution in [3.8, 4) is 11.3 Å². The molecule has 0 bridgehead atoms. The van der Waals surface area contributed by atoms with Gasteiger partial charge in [0.1, 0.15) is 12.0 Å². The molecule has 1 aromatic carbocycles. The zero-order valence-electron chi connectivity index (χ0n) is 10.9. The molecule has 0 spiro atoms. The van der Waals surface area contributed by atoms with Gasteiger partial charge in [0, 0.05) is 11.8 Å². The van der Waals surface area contributed by atoms with Crippen LogP contribution >= 0.6 is 0 Å². The molecule has 2 N–H and O–H groups in total. The van der Waals surface area contributed by atoms with Gasteiger partial charge in [-0.1, -0.05) is 30.3 Å². The number of aromatic nitrogens is 3. The Kier molecular flexibility index (Phi) is 3.07. The molecule has 2 heterocycles. The third-order valence-electron chi connectivity index (χ3n) is 3.02. The topological polar surface area (TPSA) is 79.3 Å². The molecule has 3 aromatic rings. The highest BCUT2D eigenvalue weighted by atomic mass is 32.2. The van der Waals surface area contributed by atoms with Gasteiger partial charge in [0.25, 0.3) is 0 Å². The summed E-state index contributed by atoms with van der Waals surface area (Å²) in [5.74, 6) is 0. The van der Waals surface area contributed by atoms with Crippen molar-refractivity contribution in [1.29, 1.82) is 0 Å². The lowest BCUT2D eigenvalue weighted by Gasteiger charge is -1.99. The summed E-state index contributed by atoms with van der Waals surface area (Å²) >= 11 is 0. The molecule has 0 radical (unpaired) electrons. The first-order valence-corrected chi connectivity index (χ1v) is 7.97. The molecule has 0 amide bonds. The van der Waals surface area contributed by atoms with Crippen molar-refractivity contribution in [2.45, 2.75) is 6.54 Å². The lowest BCUT2D eigenvalue weighted by Crippen LogP contribution is -2.21. The molecule has 3 rings (SSSR count). The number of rotatable bonds is 4. The normalized spacial score (nSPS) is 12.1. The smallest absolute Gasteiger partial charge is 0.209 e. The van der Waals surface area contributed by atoms with Crippen molar-refractivity contribution >= 4 is 15.7 Å². The van der Waals surface area contributed by atoms with Crippen molar-refractivity contribution in [1.82, 2.24) is 19.1 Å². The van der Waals surface area contributed by atoms with E-state index < -0.39 is 10.0 Å². The molecule has 104 valence electrons. The van der Waals surface area contributed by atoms with E-state index in [1.54, 1.807) is 6.33 Å². The van der Waals surface area contributed by atoms with Crippen LogP contribution < -0.4 is 4.72 Å². The number of aromatic amines is 1. The summed E-state index contributed by atoms with van der Waals surface area (Å²) < 4.78 is 26.6. The minimum atomic E-state index is -3.23. The number of nitrogens with one attached hydrogen (secondary N) is 2. The van der Waals surface area contributed by atoms with E-state index in [4.69, 9.17) is 0 Å². The molecule has 0 aliphatic heterocycles. The van der Waals surface area contributed by atoms with Gasteiger partial charge in [-0.15, -0.1) is 0 Å². The summed E-state index contributed by atoms with van der Waals surface area (Å²) in [5, 5.41) is 0. The maximum Gasteiger partial charge on any atom is 0.209 e. The highest BCUT2D eigenvalue weighted by molar-refractivity contribution is 7.88. The van der Waals surface area contributed by atoms with Crippen LogP contribution in [0.15, 0.2) is 42.9 Å². The Morgan fingerprint density at radius 2 is 2.05 bits per heavy atom. The lowest BCUT2D eigenvalue weighted by molar-refractivity contribution is 0.587. The van der Waals surface area contributed by atoms with Crippen molar-refractivity contribution in [2.24, 2.45) is 0 Å². The number of sulfonamides is 1. The maximum atomic E-state index is 11.1. The Morgan fingerprint density at radius 3 is 2.75 bits per heavy atom. The van der Waals surface area contributed by atoms with E-state index in [0.29, 0.717) is 5.69 Å². The third kappa shape index (κ3) is 2.45. The highest BCUT2D eigenvalue weighted by Gasteiger charge is 2.12. The Morgan fingerprint density at radius 1 is 1.30 bits per heavy atom. The first-order chi connectivity index (χ1) is 9.54. The van der Waals surface area contributed by atoms with Gasteiger partial charge in [0.05, 0.1) is 24.2 Å². The minimum absolute atomic E-state index is 0.171. The molecule has 2 aromatic heterocycles. The molecular weight excluding hydrogens is 276 g/mol. The van der Waals surface area contributed by atoms with Crippen LogP contribution in [0.1, 0.15) is 5.69 Å². The van der Waals surface area contributed by atoms with Gasteiger partial charge in [0.15, 0.2) is 0 Å². The molecule has 7 heteroatoms. The van der Waals surface area contributed by atoms with Crippen LogP contribution in [0, 0.1) is 0 Å². The van der Waals surface area contributed by atoms with Gasteiger partial charge in [-0.2, -0.15) is 0 Å². The van der Waals surface area contributed by atoms with E-state index >= 15 is 0 Å². The monoisotopic (exact) mass is 290 g/mol. The van der Waals surface area contributed by atoms with Crippen LogP contribution in [0.5, 0.6) is 0 Å². The van der Waals surface area contributed by atoms with Crippen LogP contribution in [0.4, 0.5) is 0 Å². The van der Waals surface area contributed by atoms with Crippen LogP contribution in [0.2, 0.25) is 0 Å². The van der Waals surface area contributed by atoms with E-state index in [9.17, 15) is 8.42 Å². The quantitative estimate of drug-likeness (QED) is 0.762. The molecule has 0 fully saturated rings. The second-order valence-corrected chi connectivity index (χ2v) is 6.38. The van der Waals surface area contributed by atoms with E-state index in [2.05, 4.69) is 14.7 Å². The molecular formula is C13H14N4O2S. The minimum Gasteiger partial charge on any atom is -0.344 e. The van der Waals surface area contributed by atoms with Gasteiger partial charge in [-0.05, 0) is 0 Å². The fraction of sp³-hybridized carbons (Fsp3) is 0.154. The average molecular weight is 290 g/mol. The first kappa shape index (κ1) is 12.9. The van der Waals surface area contributed by atoms with Gasteiger partial charge < -0.3 is 4.98 Å². The summed E-state index contributed by atoms with van der Waals surface area (Å²) in [7, 11) is -3.23. The number of fused-ring (bicyclic) bond motifs is 1. The second kappa shape index (κ2) is 4.77. The van der Waals surface area contributed by atoms with Crippen molar-refractivity contribution in [3.05, 3.63) is 48.5 Å². The van der Waals surface area contributed by atoms with E-state index in [1.165, 1.54) is 0 Å². The highest BCUT2D eigenvalue weighted by Crippen LogP contribution is 2.21. The Bertz CT molecular complexity index is 834. The number of nitrogens with zero attached hydrogens (tertiary/aromatic N) is 2. The predicted octanol–water partition coefficient (Wildman–Crippen LogP) is 1.38. The fourth-order valence-electron chi connectivity index (χ4n) is 2.09. The third-order valence-corrected chi connectivity index (χ3v) is 3.69. The fourth-order valence-corrected chi connectivity index (χ4v) is 2.49. The lowest BCUT2D eigenvalue weighted by atomic mass is 10.2. The van der Waals surface area contributed by atoms with E-state index in [0.717, 1.165) is 23.2 Å². The summed E-state index contributed by atoms with van der Waals surface area (Å²) in [4.78, 5) is 7.39. The Balaban J connectivity index is 1.98. The van der Waals surface area contributed by atoms with Crippen molar-refractivity contribution < 1.29 is 8.42 Å². The molecule has 0 saturated carbocycles. The average Bonchev–Trinajstić information content (AvgIpc) is 2.98. The molecule has 20 heavy (non-hydrogen) atoms. The Labute approximate surface area is 116 Å². The predicted molar refractivity (Wildman–Crippen MR) is 76.7 cm³/mol. The summed E-state index contributed by atoms with van der Waals surface area (Å²) in [6.07, 6.45) is 4.70. The number of hydrogen-bond donors (Lipinski definition) is 2. The molecule has 0 aliphatic rings. The van der Waals surface area contributed by atoms with Gasteiger partial charge in [-0.25, -0.2) is 18.1 Å². The van der Waals surface area contributed by atoms with Crippen LogP contribution in [0.25, 0.3) is 16.9 Å². The maximum absolute atomic E-state index is 11.1. The summed E-state index contributed by atoms with van der Waals surface area (Å²) in [6, 6.07) is 9.92. The number of hydrogen-bond acceptors (Lipinski definition) is 3. The molecule has 0 saturated heterocycles. The van der Waals surface area contributed by atoms with E-state index in [1.807, 2.05) is 40.9 Å². The second-order valence-electron chi connectivity index (χ2n) is 4.54. The SMILES string of the molecule is CS(=O)(=O)NCc1ncn2c(-c3ccccc3)c[nH]c12.